The van der Waals surface area contributed by atoms with Crippen LogP contribution in [0.5, 0.6) is 6.01 Å². The Hall–Kier alpha value is -2.36. The number of carbonyl (C=O) groups excluding carboxylic acids is 1. The van der Waals surface area contributed by atoms with Crippen molar-refractivity contribution in [3.63, 3.8) is 0 Å². The van der Waals surface area contributed by atoms with Crippen molar-refractivity contribution in [2.75, 3.05) is 44.7 Å². The molecule has 11 heteroatoms. The van der Waals surface area contributed by atoms with E-state index in [1.165, 1.54) is 0 Å². The summed E-state index contributed by atoms with van der Waals surface area (Å²) < 4.78 is 17.6. The molecule has 3 rings (SSSR count). The van der Waals surface area contributed by atoms with Gasteiger partial charge in [-0.25, -0.2) is 4.68 Å². The first-order valence-corrected chi connectivity index (χ1v) is 10.9. The van der Waals surface area contributed by atoms with E-state index in [0.717, 1.165) is 0 Å². The number of halogens is 3. The third-order valence-electron chi connectivity index (χ3n) is 4.17. The van der Waals surface area contributed by atoms with Crippen molar-refractivity contribution in [1.82, 2.24) is 14.8 Å². The fourth-order valence-corrected chi connectivity index (χ4v) is 3.04. The Bertz CT molecular complexity index is 1040. The van der Waals surface area contributed by atoms with Gasteiger partial charge in [-0.3, -0.25) is 4.79 Å². The van der Waals surface area contributed by atoms with Gasteiger partial charge in [-0.1, -0.05) is 23.2 Å². The number of rotatable bonds is 11. The Morgan fingerprint density at radius 2 is 1.78 bits per heavy atom. The number of alkyl halides is 1. The van der Waals surface area contributed by atoms with E-state index in [9.17, 15) is 4.79 Å². The van der Waals surface area contributed by atoms with Gasteiger partial charge in [0.05, 0.1) is 35.6 Å². The number of nitrogens with one attached hydrogen (secondary N) is 1. The van der Waals surface area contributed by atoms with Crippen LogP contribution in [0, 0.1) is 0 Å². The van der Waals surface area contributed by atoms with Crippen LogP contribution in [0.15, 0.2) is 42.5 Å². The standard InChI is InChI=1S/C21H21Cl3N4O4/c1-30-8-9-31-10-11-32-21-26-20(14-2-7-17(23)18(24)12-14)28(27-21)16-5-3-15(4-6-16)25-19(29)13-22/h2-7,12H,8-11,13H2,1H3,(H,25,29). The Kier molecular flexibility index (Phi) is 9.13. The lowest BCUT2D eigenvalue weighted by molar-refractivity contribution is -0.113. The topological polar surface area (TPSA) is 87.5 Å². The van der Waals surface area contributed by atoms with Gasteiger partial charge in [0, 0.05) is 18.4 Å². The van der Waals surface area contributed by atoms with Crippen molar-refractivity contribution in [2.24, 2.45) is 0 Å². The molecule has 0 radical (unpaired) electrons. The van der Waals surface area contributed by atoms with E-state index in [1.807, 2.05) is 0 Å². The maximum absolute atomic E-state index is 11.5. The number of carbonyl (C=O) groups is 1. The van der Waals surface area contributed by atoms with Gasteiger partial charge in [-0.2, -0.15) is 4.98 Å². The zero-order chi connectivity index (χ0) is 22.9. The van der Waals surface area contributed by atoms with Crippen molar-refractivity contribution in [1.29, 1.82) is 0 Å². The molecule has 0 aliphatic carbocycles. The van der Waals surface area contributed by atoms with Gasteiger partial charge < -0.3 is 19.5 Å². The van der Waals surface area contributed by atoms with E-state index >= 15 is 0 Å². The highest BCUT2D eigenvalue weighted by Crippen LogP contribution is 2.30. The molecule has 0 unspecified atom stereocenters. The second-order valence-corrected chi connectivity index (χ2v) is 7.52. The molecule has 0 atom stereocenters. The van der Waals surface area contributed by atoms with Crippen LogP contribution in [0.25, 0.3) is 17.1 Å². The Labute approximate surface area is 200 Å². The monoisotopic (exact) mass is 498 g/mol. The van der Waals surface area contributed by atoms with E-state index in [2.05, 4.69) is 15.4 Å². The zero-order valence-electron chi connectivity index (χ0n) is 17.2. The fraction of sp³-hybridized carbons (Fsp3) is 0.286. The van der Waals surface area contributed by atoms with E-state index in [-0.39, 0.29) is 24.4 Å². The maximum atomic E-state index is 11.5. The number of amides is 1. The summed E-state index contributed by atoms with van der Waals surface area (Å²) in [6.07, 6.45) is 0. The zero-order valence-corrected chi connectivity index (χ0v) is 19.5. The van der Waals surface area contributed by atoms with Crippen molar-refractivity contribution >= 4 is 46.4 Å². The second-order valence-electron chi connectivity index (χ2n) is 6.44. The quantitative estimate of drug-likeness (QED) is 0.310. The summed E-state index contributed by atoms with van der Waals surface area (Å²) in [6.45, 7) is 1.63. The van der Waals surface area contributed by atoms with Crippen LogP contribution in [-0.2, 0) is 14.3 Å². The molecule has 1 heterocycles. The van der Waals surface area contributed by atoms with Gasteiger partial charge in [0.1, 0.15) is 12.5 Å². The minimum Gasteiger partial charge on any atom is -0.460 e. The summed E-state index contributed by atoms with van der Waals surface area (Å²) in [6, 6.07) is 12.4. The molecule has 2 aromatic carbocycles. The fourth-order valence-electron chi connectivity index (χ4n) is 2.67. The molecule has 32 heavy (non-hydrogen) atoms. The lowest BCUT2D eigenvalue weighted by atomic mass is 10.2. The lowest BCUT2D eigenvalue weighted by Crippen LogP contribution is -2.12. The summed E-state index contributed by atoms with van der Waals surface area (Å²) in [7, 11) is 1.61. The van der Waals surface area contributed by atoms with Gasteiger partial charge in [0.15, 0.2) is 5.82 Å². The van der Waals surface area contributed by atoms with Gasteiger partial charge in [-0.05, 0) is 42.5 Å². The summed E-state index contributed by atoms with van der Waals surface area (Å²) in [5.74, 6) is 0.0961. The number of ether oxygens (including phenoxy) is 3. The molecule has 1 aromatic heterocycles. The summed E-state index contributed by atoms with van der Waals surface area (Å²) in [5, 5.41) is 7.99. The molecule has 0 fully saturated rings. The largest absolute Gasteiger partial charge is 0.460 e. The molecule has 0 saturated heterocycles. The Morgan fingerprint density at radius 3 is 2.47 bits per heavy atom. The molecule has 8 nitrogen and oxygen atoms in total. The van der Waals surface area contributed by atoms with Crippen LogP contribution in [0.1, 0.15) is 0 Å². The highest BCUT2D eigenvalue weighted by Gasteiger charge is 2.16. The van der Waals surface area contributed by atoms with Crippen molar-refractivity contribution in [3.8, 4) is 23.1 Å². The minimum absolute atomic E-state index is 0.123. The lowest BCUT2D eigenvalue weighted by Gasteiger charge is -2.08. The molecule has 1 N–H and O–H groups in total. The molecular weight excluding hydrogens is 479 g/mol. The molecule has 0 bridgehead atoms. The van der Waals surface area contributed by atoms with Crippen LogP contribution >= 0.6 is 34.8 Å². The Morgan fingerprint density at radius 1 is 1.03 bits per heavy atom. The maximum Gasteiger partial charge on any atom is 0.336 e. The number of methoxy groups -OCH3 is 1. The summed E-state index contributed by atoms with van der Waals surface area (Å²) in [5.41, 5.74) is 2.02. The number of hydrogen-bond donors (Lipinski definition) is 1. The van der Waals surface area contributed by atoms with Crippen molar-refractivity contribution in [3.05, 3.63) is 52.5 Å². The van der Waals surface area contributed by atoms with Gasteiger partial charge >= 0.3 is 6.01 Å². The molecule has 0 saturated carbocycles. The number of nitrogens with zero attached hydrogens (tertiary/aromatic N) is 3. The predicted octanol–water partition coefficient (Wildman–Crippen LogP) is 4.46. The molecule has 0 aliphatic rings. The second kappa shape index (κ2) is 12.0. The Balaban J connectivity index is 1.84. The van der Waals surface area contributed by atoms with Crippen LogP contribution in [-0.4, -0.2) is 60.1 Å². The van der Waals surface area contributed by atoms with E-state index in [4.69, 9.17) is 49.0 Å². The van der Waals surface area contributed by atoms with Crippen LogP contribution < -0.4 is 10.1 Å². The normalized spacial score (nSPS) is 10.9. The molecule has 0 aliphatic heterocycles. The smallest absolute Gasteiger partial charge is 0.336 e. The van der Waals surface area contributed by atoms with Crippen LogP contribution in [0.2, 0.25) is 10.0 Å². The third kappa shape index (κ3) is 6.57. The predicted molar refractivity (Wildman–Crippen MR) is 124 cm³/mol. The molecule has 3 aromatic rings. The summed E-state index contributed by atoms with van der Waals surface area (Å²) in [4.78, 5) is 16.0. The molecule has 1 amide bonds. The van der Waals surface area contributed by atoms with Crippen molar-refractivity contribution in [2.45, 2.75) is 0 Å². The first-order chi connectivity index (χ1) is 15.5. The van der Waals surface area contributed by atoms with Gasteiger partial charge in [0.2, 0.25) is 5.91 Å². The molecule has 0 spiro atoms. The van der Waals surface area contributed by atoms with Crippen LogP contribution in [0.4, 0.5) is 5.69 Å². The number of benzene rings is 2. The molecule has 170 valence electrons. The van der Waals surface area contributed by atoms with Crippen molar-refractivity contribution < 1.29 is 19.0 Å². The number of anilines is 1. The van der Waals surface area contributed by atoms with E-state index in [1.54, 1.807) is 54.3 Å². The first kappa shape index (κ1) is 24.3. The number of hydrogen-bond acceptors (Lipinski definition) is 6. The summed E-state index contributed by atoms with van der Waals surface area (Å²) >= 11 is 17.8. The average Bonchev–Trinajstić information content (AvgIpc) is 3.22. The highest BCUT2D eigenvalue weighted by molar-refractivity contribution is 6.42. The van der Waals surface area contributed by atoms with E-state index < -0.39 is 0 Å². The third-order valence-corrected chi connectivity index (χ3v) is 5.15. The molecular formula is C21H21Cl3N4O4. The van der Waals surface area contributed by atoms with Gasteiger partial charge in [0.25, 0.3) is 0 Å². The van der Waals surface area contributed by atoms with Crippen LogP contribution in [0.3, 0.4) is 0 Å². The van der Waals surface area contributed by atoms with Gasteiger partial charge in [-0.15, -0.1) is 16.7 Å². The minimum atomic E-state index is -0.292. The first-order valence-electron chi connectivity index (χ1n) is 9.60. The van der Waals surface area contributed by atoms with E-state index in [0.29, 0.717) is 52.6 Å². The average molecular weight is 500 g/mol. The highest BCUT2D eigenvalue weighted by atomic mass is 35.5. The number of aromatic nitrogens is 3. The SMILES string of the molecule is COCCOCCOc1nc(-c2ccc(Cl)c(Cl)c2)n(-c2ccc(NC(=O)CCl)cc2)n1.